The van der Waals surface area contributed by atoms with E-state index in [9.17, 15) is 4.79 Å². The molecule has 1 N–H and O–H groups in total. The van der Waals surface area contributed by atoms with Gasteiger partial charge in [0.1, 0.15) is 5.82 Å². The van der Waals surface area contributed by atoms with Crippen molar-refractivity contribution in [2.45, 2.75) is 19.6 Å². The summed E-state index contributed by atoms with van der Waals surface area (Å²) in [4.78, 5) is 19.2. The number of aromatic nitrogens is 3. The molecule has 24 heavy (non-hydrogen) atoms. The van der Waals surface area contributed by atoms with Crippen molar-refractivity contribution in [1.29, 1.82) is 0 Å². The Morgan fingerprint density at radius 1 is 1.33 bits per heavy atom. The fourth-order valence-electron chi connectivity index (χ4n) is 3.05. The zero-order valence-electron chi connectivity index (χ0n) is 13.5. The third-order valence-corrected chi connectivity index (χ3v) is 4.27. The zero-order chi connectivity index (χ0) is 16.5. The first kappa shape index (κ1) is 15.1. The summed E-state index contributed by atoms with van der Waals surface area (Å²) < 4.78 is 13.5. The topological polar surface area (TPSA) is 69.1 Å². The van der Waals surface area contributed by atoms with Gasteiger partial charge in [0.25, 0.3) is 5.56 Å². The SMILES string of the molecule is Cc1cc(-c2nc3ccccc3n2CC2COCCO2)c[nH]c1=O. The number of aromatic amines is 1. The second-order valence-corrected chi connectivity index (χ2v) is 6.00. The summed E-state index contributed by atoms with van der Waals surface area (Å²) in [6.45, 7) is 4.30. The third kappa shape index (κ3) is 2.74. The second-order valence-electron chi connectivity index (χ2n) is 6.00. The standard InChI is InChI=1S/C18H19N3O3/c1-12-8-13(9-19-18(12)22)17-20-15-4-2-3-5-16(15)21(17)10-14-11-23-6-7-24-14/h2-5,8-9,14H,6-7,10-11H2,1H3,(H,19,22). The van der Waals surface area contributed by atoms with Gasteiger partial charge in [-0.3, -0.25) is 4.79 Å². The lowest BCUT2D eigenvalue weighted by Crippen LogP contribution is -2.32. The molecule has 1 fully saturated rings. The molecule has 2 aromatic heterocycles. The molecule has 3 heterocycles. The van der Waals surface area contributed by atoms with Crippen LogP contribution in [0.2, 0.25) is 0 Å². The van der Waals surface area contributed by atoms with E-state index in [-0.39, 0.29) is 11.7 Å². The predicted octanol–water partition coefficient (Wildman–Crippen LogP) is 2.12. The third-order valence-electron chi connectivity index (χ3n) is 4.27. The normalized spacial score (nSPS) is 18.1. The van der Waals surface area contributed by atoms with Crippen molar-refractivity contribution in [2.24, 2.45) is 0 Å². The molecule has 0 radical (unpaired) electrons. The first-order valence-corrected chi connectivity index (χ1v) is 8.07. The molecule has 1 saturated heterocycles. The number of imidazole rings is 1. The van der Waals surface area contributed by atoms with Crippen LogP contribution >= 0.6 is 0 Å². The fourth-order valence-corrected chi connectivity index (χ4v) is 3.05. The highest BCUT2D eigenvalue weighted by atomic mass is 16.6. The summed E-state index contributed by atoms with van der Waals surface area (Å²) in [6.07, 6.45) is 1.71. The molecule has 1 aromatic carbocycles. The number of benzene rings is 1. The minimum atomic E-state index is -0.0783. The molecule has 1 unspecified atom stereocenters. The van der Waals surface area contributed by atoms with Gasteiger partial charge in [0, 0.05) is 17.3 Å². The minimum Gasteiger partial charge on any atom is -0.376 e. The van der Waals surface area contributed by atoms with E-state index in [1.807, 2.05) is 30.3 Å². The van der Waals surface area contributed by atoms with Crippen LogP contribution in [-0.4, -0.2) is 40.5 Å². The van der Waals surface area contributed by atoms with Crippen LogP contribution in [-0.2, 0) is 16.0 Å². The maximum atomic E-state index is 11.7. The van der Waals surface area contributed by atoms with Gasteiger partial charge in [0.15, 0.2) is 0 Å². The Balaban J connectivity index is 1.82. The van der Waals surface area contributed by atoms with Gasteiger partial charge in [-0.1, -0.05) is 12.1 Å². The Bertz CT molecular complexity index is 923. The van der Waals surface area contributed by atoms with Crippen molar-refractivity contribution >= 4 is 11.0 Å². The lowest BCUT2D eigenvalue weighted by molar-refractivity contribution is -0.0931. The van der Waals surface area contributed by atoms with Gasteiger partial charge in [0.05, 0.1) is 43.5 Å². The summed E-state index contributed by atoms with van der Waals surface area (Å²) in [7, 11) is 0. The van der Waals surface area contributed by atoms with Crippen molar-refractivity contribution in [3.05, 3.63) is 52.4 Å². The number of hydrogen-bond donors (Lipinski definition) is 1. The van der Waals surface area contributed by atoms with E-state index in [0.29, 0.717) is 31.9 Å². The van der Waals surface area contributed by atoms with E-state index in [1.165, 1.54) is 0 Å². The molecule has 6 nitrogen and oxygen atoms in total. The van der Waals surface area contributed by atoms with E-state index in [2.05, 4.69) is 9.55 Å². The average Bonchev–Trinajstić information content (AvgIpc) is 2.97. The van der Waals surface area contributed by atoms with Crippen molar-refractivity contribution in [3.8, 4) is 11.4 Å². The number of nitrogens with zero attached hydrogens (tertiary/aromatic N) is 2. The van der Waals surface area contributed by atoms with Gasteiger partial charge in [-0.05, 0) is 25.1 Å². The largest absolute Gasteiger partial charge is 0.376 e. The second kappa shape index (κ2) is 6.22. The van der Waals surface area contributed by atoms with Crippen molar-refractivity contribution in [1.82, 2.24) is 14.5 Å². The van der Waals surface area contributed by atoms with Gasteiger partial charge in [-0.2, -0.15) is 0 Å². The number of hydrogen-bond acceptors (Lipinski definition) is 4. The van der Waals surface area contributed by atoms with Gasteiger partial charge in [-0.15, -0.1) is 0 Å². The molecule has 1 aliphatic heterocycles. The summed E-state index contributed by atoms with van der Waals surface area (Å²) in [6, 6.07) is 9.89. The summed E-state index contributed by atoms with van der Waals surface area (Å²) in [5.41, 5.74) is 3.45. The van der Waals surface area contributed by atoms with Crippen LogP contribution < -0.4 is 5.56 Å². The Morgan fingerprint density at radius 2 is 2.21 bits per heavy atom. The number of fused-ring (bicyclic) bond motifs is 1. The highest BCUT2D eigenvalue weighted by Crippen LogP contribution is 2.25. The zero-order valence-corrected chi connectivity index (χ0v) is 13.5. The Hall–Kier alpha value is -2.44. The monoisotopic (exact) mass is 325 g/mol. The van der Waals surface area contributed by atoms with Gasteiger partial charge in [0.2, 0.25) is 0 Å². The lowest BCUT2D eigenvalue weighted by Gasteiger charge is -2.24. The van der Waals surface area contributed by atoms with Gasteiger partial charge < -0.3 is 19.0 Å². The van der Waals surface area contributed by atoms with E-state index in [0.717, 1.165) is 22.4 Å². The van der Waals surface area contributed by atoms with E-state index in [4.69, 9.17) is 14.5 Å². The van der Waals surface area contributed by atoms with Gasteiger partial charge in [-0.25, -0.2) is 4.98 Å². The molecule has 0 aliphatic carbocycles. The molecule has 0 spiro atoms. The van der Waals surface area contributed by atoms with E-state index < -0.39 is 0 Å². The molecule has 0 amide bonds. The van der Waals surface area contributed by atoms with Crippen LogP contribution in [0.15, 0.2) is 41.3 Å². The fraction of sp³-hybridized carbons (Fsp3) is 0.333. The molecular formula is C18H19N3O3. The van der Waals surface area contributed by atoms with Crippen molar-refractivity contribution in [2.75, 3.05) is 19.8 Å². The maximum Gasteiger partial charge on any atom is 0.250 e. The number of ether oxygens (including phenoxy) is 2. The molecule has 6 heteroatoms. The molecule has 0 saturated carbocycles. The van der Waals surface area contributed by atoms with Crippen LogP contribution in [0, 0.1) is 6.92 Å². The smallest absolute Gasteiger partial charge is 0.250 e. The summed E-state index contributed by atoms with van der Waals surface area (Å²) in [5, 5.41) is 0. The number of H-pyrrole nitrogens is 1. The van der Waals surface area contributed by atoms with Crippen LogP contribution in [0.4, 0.5) is 0 Å². The molecule has 0 bridgehead atoms. The summed E-state index contributed by atoms with van der Waals surface area (Å²) >= 11 is 0. The van der Waals surface area contributed by atoms with Crippen LogP contribution in [0.1, 0.15) is 5.56 Å². The molecule has 124 valence electrons. The number of nitrogens with one attached hydrogen (secondary N) is 1. The lowest BCUT2D eigenvalue weighted by atomic mass is 10.2. The minimum absolute atomic E-state index is 0.000959. The van der Waals surface area contributed by atoms with Crippen LogP contribution in [0.25, 0.3) is 22.4 Å². The van der Waals surface area contributed by atoms with Crippen LogP contribution in [0.5, 0.6) is 0 Å². The first-order valence-electron chi connectivity index (χ1n) is 8.07. The van der Waals surface area contributed by atoms with E-state index in [1.54, 1.807) is 13.1 Å². The molecule has 1 atom stereocenters. The summed E-state index contributed by atoms with van der Waals surface area (Å²) in [5.74, 6) is 0.824. The average molecular weight is 325 g/mol. The van der Waals surface area contributed by atoms with Crippen molar-refractivity contribution < 1.29 is 9.47 Å². The number of rotatable bonds is 3. The van der Waals surface area contributed by atoms with Crippen LogP contribution in [0.3, 0.4) is 0 Å². The highest BCUT2D eigenvalue weighted by Gasteiger charge is 2.20. The Morgan fingerprint density at radius 3 is 3.00 bits per heavy atom. The Kier molecular flexibility index (Phi) is 3.92. The highest BCUT2D eigenvalue weighted by molar-refractivity contribution is 5.80. The number of aryl methyl sites for hydroxylation is 1. The quantitative estimate of drug-likeness (QED) is 0.801. The first-order chi connectivity index (χ1) is 11.7. The maximum absolute atomic E-state index is 11.7. The Labute approximate surface area is 139 Å². The predicted molar refractivity (Wildman–Crippen MR) is 91.1 cm³/mol. The number of para-hydroxylation sites is 2. The van der Waals surface area contributed by atoms with E-state index >= 15 is 0 Å². The molecule has 3 aromatic rings. The molecule has 1 aliphatic rings. The van der Waals surface area contributed by atoms with Crippen molar-refractivity contribution in [3.63, 3.8) is 0 Å². The van der Waals surface area contributed by atoms with Gasteiger partial charge >= 0.3 is 0 Å². The molecular weight excluding hydrogens is 306 g/mol. The molecule has 4 rings (SSSR count). The number of pyridine rings is 1.